The molecule has 0 aliphatic heterocycles. The van der Waals surface area contributed by atoms with Crippen LogP contribution < -0.4 is 5.32 Å². The Morgan fingerprint density at radius 1 is 1.40 bits per heavy atom. The predicted octanol–water partition coefficient (Wildman–Crippen LogP) is 2.26. The molecule has 0 saturated carbocycles. The molecule has 0 atom stereocenters. The first-order valence-electron chi connectivity index (χ1n) is 4.27. The Morgan fingerprint density at radius 2 is 2.07 bits per heavy atom. The first-order chi connectivity index (χ1) is 6.99. The molecule has 80 valence electrons. The van der Waals surface area contributed by atoms with Crippen molar-refractivity contribution in [1.29, 1.82) is 0 Å². The van der Waals surface area contributed by atoms with Crippen LogP contribution >= 0.6 is 0 Å². The standard InChI is InChI=1S/C10H10F2N2O/c1-6(2)5-9(15)13-7-3-4-8(11)14-10(7)12/h3-5H,1-2H3,(H,13,15). The number of nitrogens with zero attached hydrogens (tertiary/aromatic N) is 1. The number of hydrogen-bond acceptors (Lipinski definition) is 2. The lowest BCUT2D eigenvalue weighted by Gasteiger charge is -2.02. The lowest BCUT2D eigenvalue weighted by Crippen LogP contribution is -2.10. The van der Waals surface area contributed by atoms with E-state index >= 15 is 0 Å². The van der Waals surface area contributed by atoms with E-state index in [1.54, 1.807) is 13.8 Å². The highest BCUT2D eigenvalue weighted by Gasteiger charge is 2.07. The lowest BCUT2D eigenvalue weighted by atomic mass is 10.3. The molecular formula is C10H10F2N2O. The molecule has 0 saturated heterocycles. The Hall–Kier alpha value is -1.78. The average molecular weight is 212 g/mol. The normalized spacial score (nSPS) is 9.60. The Morgan fingerprint density at radius 3 is 2.60 bits per heavy atom. The van der Waals surface area contributed by atoms with Crippen molar-refractivity contribution in [3.05, 3.63) is 35.7 Å². The molecule has 15 heavy (non-hydrogen) atoms. The van der Waals surface area contributed by atoms with Crippen LogP contribution in [0.5, 0.6) is 0 Å². The van der Waals surface area contributed by atoms with Gasteiger partial charge in [0.25, 0.3) is 0 Å². The summed E-state index contributed by atoms with van der Waals surface area (Å²) in [7, 11) is 0. The van der Waals surface area contributed by atoms with Crippen molar-refractivity contribution < 1.29 is 13.6 Å². The van der Waals surface area contributed by atoms with Gasteiger partial charge in [0.05, 0.1) is 5.69 Å². The summed E-state index contributed by atoms with van der Waals surface area (Å²) in [5, 5.41) is 2.25. The smallest absolute Gasteiger partial charge is 0.248 e. The first-order valence-corrected chi connectivity index (χ1v) is 4.27. The summed E-state index contributed by atoms with van der Waals surface area (Å²) >= 11 is 0. The minimum Gasteiger partial charge on any atom is -0.319 e. The average Bonchev–Trinajstić information content (AvgIpc) is 2.08. The quantitative estimate of drug-likeness (QED) is 0.603. The van der Waals surface area contributed by atoms with Gasteiger partial charge in [0.15, 0.2) is 0 Å². The zero-order valence-electron chi connectivity index (χ0n) is 8.34. The fraction of sp³-hybridized carbons (Fsp3) is 0.200. The van der Waals surface area contributed by atoms with E-state index < -0.39 is 17.8 Å². The first kappa shape index (κ1) is 11.3. The summed E-state index contributed by atoms with van der Waals surface area (Å²) in [6, 6.07) is 2.09. The summed E-state index contributed by atoms with van der Waals surface area (Å²) < 4.78 is 25.4. The van der Waals surface area contributed by atoms with E-state index in [1.165, 1.54) is 6.08 Å². The maximum atomic E-state index is 13.0. The molecule has 0 radical (unpaired) electrons. The fourth-order valence-electron chi connectivity index (χ4n) is 0.936. The molecule has 1 aromatic rings. The van der Waals surface area contributed by atoms with Crippen LogP contribution in [0.4, 0.5) is 14.5 Å². The zero-order valence-corrected chi connectivity index (χ0v) is 8.34. The monoisotopic (exact) mass is 212 g/mol. The van der Waals surface area contributed by atoms with Crippen LogP contribution in [-0.2, 0) is 4.79 Å². The highest BCUT2D eigenvalue weighted by Crippen LogP contribution is 2.11. The molecule has 0 aliphatic rings. The Labute approximate surface area is 85.8 Å². The number of carbonyl (C=O) groups is 1. The van der Waals surface area contributed by atoms with E-state index in [-0.39, 0.29) is 5.69 Å². The minimum atomic E-state index is -1.04. The number of pyridine rings is 1. The van der Waals surface area contributed by atoms with E-state index in [1.807, 2.05) is 0 Å². The number of rotatable bonds is 2. The van der Waals surface area contributed by atoms with Crippen LogP contribution in [0.3, 0.4) is 0 Å². The number of carbonyl (C=O) groups excluding carboxylic acids is 1. The lowest BCUT2D eigenvalue weighted by molar-refractivity contribution is -0.112. The van der Waals surface area contributed by atoms with Crippen LogP contribution in [0.1, 0.15) is 13.8 Å². The van der Waals surface area contributed by atoms with Crippen LogP contribution in [0.25, 0.3) is 0 Å². The molecule has 0 fully saturated rings. The number of amides is 1. The van der Waals surface area contributed by atoms with Gasteiger partial charge in [-0.3, -0.25) is 4.79 Å². The second-order valence-corrected chi connectivity index (χ2v) is 3.18. The van der Waals surface area contributed by atoms with E-state index in [4.69, 9.17) is 0 Å². The molecule has 1 N–H and O–H groups in total. The van der Waals surface area contributed by atoms with Gasteiger partial charge in [0, 0.05) is 6.08 Å². The van der Waals surface area contributed by atoms with Gasteiger partial charge in [-0.2, -0.15) is 13.8 Å². The number of anilines is 1. The molecule has 0 bridgehead atoms. The van der Waals surface area contributed by atoms with Crippen molar-refractivity contribution in [2.45, 2.75) is 13.8 Å². The third-order valence-corrected chi connectivity index (χ3v) is 1.49. The number of hydrogen-bond donors (Lipinski definition) is 1. The highest BCUT2D eigenvalue weighted by molar-refractivity contribution is 5.99. The number of aromatic nitrogens is 1. The summed E-state index contributed by atoms with van der Waals surface area (Å²) in [5.74, 6) is -2.43. The molecule has 0 spiro atoms. The second kappa shape index (κ2) is 4.63. The molecule has 3 nitrogen and oxygen atoms in total. The fourth-order valence-corrected chi connectivity index (χ4v) is 0.936. The maximum Gasteiger partial charge on any atom is 0.248 e. The number of nitrogens with one attached hydrogen (secondary N) is 1. The van der Waals surface area contributed by atoms with Gasteiger partial charge in [-0.05, 0) is 26.0 Å². The van der Waals surface area contributed by atoms with Gasteiger partial charge in [-0.15, -0.1) is 0 Å². The van der Waals surface area contributed by atoms with E-state index in [0.29, 0.717) is 0 Å². The van der Waals surface area contributed by atoms with Crippen molar-refractivity contribution in [3.8, 4) is 0 Å². The van der Waals surface area contributed by atoms with Gasteiger partial charge in [-0.1, -0.05) is 5.57 Å². The Bertz CT molecular complexity index is 412. The highest BCUT2D eigenvalue weighted by atomic mass is 19.1. The molecule has 0 unspecified atom stereocenters. The maximum absolute atomic E-state index is 13.0. The topological polar surface area (TPSA) is 42.0 Å². The molecule has 1 heterocycles. The van der Waals surface area contributed by atoms with Crippen molar-refractivity contribution in [2.24, 2.45) is 0 Å². The summed E-state index contributed by atoms with van der Waals surface area (Å²) in [6.07, 6.45) is 1.31. The predicted molar refractivity (Wildman–Crippen MR) is 52.2 cm³/mol. The SMILES string of the molecule is CC(C)=CC(=O)Nc1ccc(F)nc1F. The summed E-state index contributed by atoms with van der Waals surface area (Å²) in [5.41, 5.74) is 0.641. The largest absolute Gasteiger partial charge is 0.319 e. The van der Waals surface area contributed by atoms with Crippen LogP contribution in [0.15, 0.2) is 23.8 Å². The van der Waals surface area contributed by atoms with Gasteiger partial charge >= 0.3 is 0 Å². The third-order valence-electron chi connectivity index (χ3n) is 1.49. The van der Waals surface area contributed by atoms with Gasteiger partial charge < -0.3 is 5.32 Å². The van der Waals surface area contributed by atoms with E-state index in [9.17, 15) is 13.6 Å². The van der Waals surface area contributed by atoms with Crippen LogP contribution in [0, 0.1) is 11.9 Å². The number of allylic oxidation sites excluding steroid dienone is 1. The van der Waals surface area contributed by atoms with Crippen molar-refractivity contribution in [1.82, 2.24) is 4.98 Å². The van der Waals surface area contributed by atoms with Crippen LogP contribution in [-0.4, -0.2) is 10.9 Å². The summed E-state index contributed by atoms with van der Waals surface area (Å²) in [4.78, 5) is 14.1. The Kier molecular flexibility index (Phi) is 3.49. The molecule has 1 aromatic heterocycles. The van der Waals surface area contributed by atoms with Gasteiger partial charge in [0.2, 0.25) is 17.8 Å². The minimum absolute atomic E-state index is 0.140. The number of halogens is 2. The van der Waals surface area contributed by atoms with Gasteiger partial charge in [-0.25, -0.2) is 0 Å². The van der Waals surface area contributed by atoms with Crippen molar-refractivity contribution >= 4 is 11.6 Å². The molecule has 0 aromatic carbocycles. The van der Waals surface area contributed by atoms with E-state index in [0.717, 1.165) is 17.7 Å². The molecule has 5 heteroatoms. The molecule has 0 aliphatic carbocycles. The van der Waals surface area contributed by atoms with Crippen molar-refractivity contribution in [2.75, 3.05) is 5.32 Å². The molecule has 1 rings (SSSR count). The van der Waals surface area contributed by atoms with E-state index in [2.05, 4.69) is 10.3 Å². The van der Waals surface area contributed by atoms with Crippen LogP contribution in [0.2, 0.25) is 0 Å². The Balaban J connectivity index is 2.82. The van der Waals surface area contributed by atoms with Gasteiger partial charge in [0.1, 0.15) is 0 Å². The second-order valence-electron chi connectivity index (χ2n) is 3.18. The molecule has 1 amide bonds. The zero-order chi connectivity index (χ0) is 11.4. The third kappa shape index (κ3) is 3.46. The molecular weight excluding hydrogens is 202 g/mol. The summed E-state index contributed by atoms with van der Waals surface area (Å²) in [6.45, 7) is 3.47. The van der Waals surface area contributed by atoms with Crippen molar-refractivity contribution in [3.63, 3.8) is 0 Å².